The van der Waals surface area contributed by atoms with Crippen LogP contribution in [0.3, 0.4) is 0 Å². The number of hydrogen-bond acceptors (Lipinski definition) is 2. The molecule has 3 atom stereocenters. The number of nitrogens with one attached hydrogen (secondary N) is 1. The molecule has 3 aliphatic rings. The van der Waals surface area contributed by atoms with Gasteiger partial charge in [0.1, 0.15) is 5.82 Å². The van der Waals surface area contributed by atoms with Gasteiger partial charge in [0.2, 0.25) is 5.91 Å². The van der Waals surface area contributed by atoms with Crippen molar-refractivity contribution in [2.24, 2.45) is 17.8 Å². The number of carbonyl (C=O) groups excluding carboxylic acids is 1. The Morgan fingerprint density at radius 1 is 1.20 bits per heavy atom. The van der Waals surface area contributed by atoms with Crippen molar-refractivity contribution in [1.82, 2.24) is 10.2 Å². The van der Waals surface area contributed by atoms with Crippen molar-refractivity contribution in [3.63, 3.8) is 0 Å². The van der Waals surface area contributed by atoms with Gasteiger partial charge in [-0.3, -0.25) is 9.69 Å². The molecule has 1 aromatic carbocycles. The minimum absolute atomic E-state index is 0.116. The number of benzene rings is 1. The van der Waals surface area contributed by atoms with Crippen LogP contribution in [0.1, 0.15) is 44.1 Å². The number of nitrogens with zero attached hydrogens (tertiary/aromatic N) is 1. The van der Waals surface area contributed by atoms with E-state index >= 15 is 0 Å². The topological polar surface area (TPSA) is 32.3 Å². The van der Waals surface area contributed by atoms with Crippen molar-refractivity contribution in [3.05, 3.63) is 34.6 Å². The van der Waals surface area contributed by atoms with E-state index in [-0.39, 0.29) is 17.6 Å². The maximum Gasteiger partial charge on any atom is 0.223 e. The summed E-state index contributed by atoms with van der Waals surface area (Å²) in [6.45, 7) is 2.28. The highest BCUT2D eigenvalue weighted by atomic mass is 35.5. The maximum absolute atomic E-state index is 13.9. The normalized spacial score (nSPS) is 29.9. The van der Waals surface area contributed by atoms with Gasteiger partial charge in [-0.25, -0.2) is 4.39 Å². The van der Waals surface area contributed by atoms with Gasteiger partial charge < -0.3 is 5.32 Å². The second kappa shape index (κ2) is 7.24. The molecule has 1 aliphatic heterocycles. The van der Waals surface area contributed by atoms with E-state index in [1.807, 2.05) is 0 Å². The van der Waals surface area contributed by atoms with Crippen LogP contribution in [0.15, 0.2) is 18.2 Å². The number of amides is 1. The first-order valence-electron chi connectivity index (χ1n) is 9.55. The molecule has 5 heteroatoms. The van der Waals surface area contributed by atoms with Gasteiger partial charge in [0.25, 0.3) is 0 Å². The lowest BCUT2D eigenvalue weighted by molar-refractivity contribution is -0.127. The van der Waals surface area contributed by atoms with E-state index in [4.69, 9.17) is 11.6 Å². The molecule has 0 aromatic heterocycles. The van der Waals surface area contributed by atoms with Crippen LogP contribution in [0.2, 0.25) is 5.02 Å². The Morgan fingerprint density at radius 3 is 2.64 bits per heavy atom. The van der Waals surface area contributed by atoms with E-state index in [1.54, 1.807) is 12.1 Å². The van der Waals surface area contributed by atoms with Crippen LogP contribution in [0.25, 0.3) is 0 Å². The third-order valence-corrected chi connectivity index (χ3v) is 6.67. The first-order valence-corrected chi connectivity index (χ1v) is 9.93. The number of carbonyl (C=O) groups is 1. The van der Waals surface area contributed by atoms with Crippen LogP contribution in [0.4, 0.5) is 4.39 Å². The molecule has 25 heavy (non-hydrogen) atoms. The molecule has 4 rings (SSSR count). The largest absolute Gasteiger partial charge is 0.353 e. The zero-order valence-electron chi connectivity index (χ0n) is 14.5. The predicted molar refractivity (Wildman–Crippen MR) is 96.8 cm³/mol. The van der Waals surface area contributed by atoms with Gasteiger partial charge in [0.15, 0.2) is 0 Å². The van der Waals surface area contributed by atoms with E-state index in [0.717, 1.165) is 37.8 Å². The molecule has 1 saturated heterocycles. The van der Waals surface area contributed by atoms with Crippen molar-refractivity contribution >= 4 is 17.5 Å². The highest BCUT2D eigenvalue weighted by Gasteiger charge is 2.40. The molecule has 2 saturated carbocycles. The molecule has 2 bridgehead atoms. The van der Waals surface area contributed by atoms with Gasteiger partial charge in [-0.05, 0) is 69.2 Å². The SMILES string of the molecule is O=C(N[C@H]1C[C@H]2CC[C@@H]1C2)C1CCN(Cc2ccc(Cl)cc2F)CC1. The Morgan fingerprint density at radius 2 is 2.00 bits per heavy atom. The van der Waals surface area contributed by atoms with Gasteiger partial charge in [0.05, 0.1) is 0 Å². The fraction of sp³-hybridized carbons (Fsp3) is 0.650. The molecule has 3 nitrogen and oxygen atoms in total. The molecular weight excluding hydrogens is 339 g/mol. The van der Waals surface area contributed by atoms with E-state index < -0.39 is 0 Å². The number of hydrogen-bond donors (Lipinski definition) is 1. The average molecular weight is 365 g/mol. The van der Waals surface area contributed by atoms with Crippen LogP contribution in [0.5, 0.6) is 0 Å². The molecule has 1 aromatic rings. The number of piperidine rings is 1. The summed E-state index contributed by atoms with van der Waals surface area (Å²) in [6.07, 6.45) is 6.88. The Bertz CT molecular complexity index is 645. The predicted octanol–water partition coefficient (Wildman–Crippen LogP) is 4.00. The number of fused-ring (bicyclic) bond motifs is 2. The van der Waals surface area contributed by atoms with Crippen LogP contribution < -0.4 is 5.32 Å². The van der Waals surface area contributed by atoms with Gasteiger partial charge in [-0.1, -0.05) is 24.1 Å². The van der Waals surface area contributed by atoms with Gasteiger partial charge in [-0.2, -0.15) is 0 Å². The Balaban J connectivity index is 1.26. The second-order valence-electron chi connectivity index (χ2n) is 8.08. The van der Waals surface area contributed by atoms with Crippen LogP contribution in [-0.2, 0) is 11.3 Å². The monoisotopic (exact) mass is 364 g/mol. The molecule has 1 amide bonds. The van der Waals surface area contributed by atoms with E-state index in [9.17, 15) is 9.18 Å². The summed E-state index contributed by atoms with van der Waals surface area (Å²) in [5, 5.41) is 3.76. The second-order valence-corrected chi connectivity index (χ2v) is 8.51. The zero-order valence-corrected chi connectivity index (χ0v) is 15.3. The Hall–Kier alpha value is -1.13. The lowest BCUT2D eigenvalue weighted by Crippen LogP contribution is -2.45. The lowest BCUT2D eigenvalue weighted by atomic mass is 9.92. The molecule has 1 N–H and O–H groups in total. The van der Waals surface area contributed by atoms with Gasteiger partial charge in [0, 0.05) is 29.1 Å². The van der Waals surface area contributed by atoms with Crippen molar-refractivity contribution < 1.29 is 9.18 Å². The summed E-state index contributed by atoms with van der Waals surface area (Å²) < 4.78 is 13.9. The average Bonchev–Trinajstić information content (AvgIpc) is 3.21. The minimum atomic E-state index is -0.247. The van der Waals surface area contributed by atoms with Crippen molar-refractivity contribution in [2.45, 2.75) is 51.1 Å². The third-order valence-electron chi connectivity index (χ3n) is 6.43. The van der Waals surface area contributed by atoms with Gasteiger partial charge >= 0.3 is 0 Å². The smallest absolute Gasteiger partial charge is 0.223 e. The van der Waals surface area contributed by atoms with Crippen LogP contribution in [-0.4, -0.2) is 29.9 Å². The summed E-state index contributed by atoms with van der Waals surface area (Å²) in [7, 11) is 0. The fourth-order valence-electron chi connectivity index (χ4n) is 4.97. The first kappa shape index (κ1) is 17.3. The molecule has 2 aliphatic carbocycles. The highest BCUT2D eigenvalue weighted by molar-refractivity contribution is 6.30. The summed E-state index contributed by atoms with van der Waals surface area (Å²) in [6, 6.07) is 5.28. The first-order chi connectivity index (χ1) is 12.1. The molecule has 0 spiro atoms. The molecule has 3 fully saturated rings. The zero-order chi connectivity index (χ0) is 17.4. The van der Waals surface area contributed by atoms with E-state index in [1.165, 1.54) is 31.7 Å². The van der Waals surface area contributed by atoms with Crippen molar-refractivity contribution in [1.29, 1.82) is 0 Å². The number of likely N-dealkylation sites (tertiary alicyclic amines) is 1. The highest BCUT2D eigenvalue weighted by Crippen LogP contribution is 2.44. The Kier molecular flexibility index (Phi) is 5.01. The van der Waals surface area contributed by atoms with Crippen molar-refractivity contribution in [2.75, 3.05) is 13.1 Å². The fourth-order valence-corrected chi connectivity index (χ4v) is 5.12. The standard InChI is InChI=1S/C20H26ClFN2O/c21-17-4-3-16(18(22)11-17)12-24-7-5-14(6-8-24)20(25)23-19-10-13-1-2-15(19)9-13/h3-4,11,13-15,19H,1-2,5-10,12H2,(H,23,25)/t13-,15+,19-/m0/s1. The third kappa shape index (κ3) is 3.85. The van der Waals surface area contributed by atoms with Crippen molar-refractivity contribution in [3.8, 4) is 0 Å². The summed E-state index contributed by atoms with van der Waals surface area (Å²) in [5.74, 6) is 1.69. The van der Waals surface area contributed by atoms with E-state index in [0.29, 0.717) is 23.2 Å². The van der Waals surface area contributed by atoms with Crippen LogP contribution in [0, 0.1) is 23.6 Å². The molecule has 1 heterocycles. The minimum Gasteiger partial charge on any atom is -0.353 e. The van der Waals surface area contributed by atoms with E-state index in [2.05, 4.69) is 10.2 Å². The molecule has 0 radical (unpaired) electrons. The lowest BCUT2D eigenvalue weighted by Gasteiger charge is -2.33. The van der Waals surface area contributed by atoms with Gasteiger partial charge in [-0.15, -0.1) is 0 Å². The number of halogens is 2. The quantitative estimate of drug-likeness (QED) is 0.875. The number of rotatable bonds is 4. The Labute approximate surface area is 153 Å². The molecular formula is C20H26ClFN2O. The maximum atomic E-state index is 13.9. The van der Waals surface area contributed by atoms with Crippen LogP contribution >= 0.6 is 11.6 Å². The molecule has 136 valence electrons. The summed E-state index contributed by atoms with van der Waals surface area (Å²) in [4.78, 5) is 14.8. The summed E-state index contributed by atoms with van der Waals surface area (Å²) >= 11 is 5.81. The summed E-state index contributed by atoms with van der Waals surface area (Å²) in [5.41, 5.74) is 0.675. The molecule has 0 unspecified atom stereocenters.